The fourth-order valence-electron chi connectivity index (χ4n) is 5.99. The van der Waals surface area contributed by atoms with Gasteiger partial charge in [-0.2, -0.15) is 0 Å². The lowest BCUT2D eigenvalue weighted by Gasteiger charge is -2.46. The summed E-state index contributed by atoms with van der Waals surface area (Å²) < 4.78 is 0. The molecule has 3 atom stereocenters. The number of ketones is 2. The maximum absolute atomic E-state index is 13.7. The standard InChI is InChI=1S/C28H25ClN2O8/c1-11(32)31-10-14-8-17(12-2-4-16(29)5-3-12)18-7-13-6-15-9-19(33)22(27(30)38)26(37)28(15,39)25(36)20(13)24(35)21(18)23(14)34/h2-5,8,13,15,34-35,37,39H,6-7,9-10H2,1H3,(H2,30,38)(H,31,32)/t13-,15+,28+/m1/s1. The molecule has 2 amide bonds. The van der Waals surface area contributed by atoms with Crippen LogP contribution in [-0.2, 0) is 32.1 Å². The highest BCUT2D eigenvalue weighted by Crippen LogP contribution is 2.53. The van der Waals surface area contributed by atoms with Crippen molar-refractivity contribution in [1.82, 2.24) is 5.32 Å². The molecular formula is C28H25ClN2O8. The van der Waals surface area contributed by atoms with E-state index >= 15 is 0 Å². The Hall–Kier alpha value is -4.15. The topological polar surface area (TPSA) is 187 Å². The summed E-state index contributed by atoms with van der Waals surface area (Å²) in [7, 11) is 0. The quantitative estimate of drug-likeness (QED) is 0.312. The van der Waals surface area contributed by atoms with Gasteiger partial charge >= 0.3 is 0 Å². The zero-order valence-corrected chi connectivity index (χ0v) is 21.5. The third-order valence-corrected chi connectivity index (χ3v) is 8.08. The number of phenolic OH excluding ortho intramolecular Hbond substituents is 1. The molecule has 1 saturated carbocycles. The summed E-state index contributed by atoms with van der Waals surface area (Å²) in [4.78, 5) is 49.7. The van der Waals surface area contributed by atoms with E-state index in [1.54, 1.807) is 30.3 Å². The minimum atomic E-state index is -2.64. The van der Waals surface area contributed by atoms with Gasteiger partial charge < -0.3 is 31.5 Å². The van der Waals surface area contributed by atoms with Gasteiger partial charge in [0.25, 0.3) is 5.91 Å². The highest BCUT2D eigenvalue weighted by Gasteiger charge is 2.60. The molecule has 0 spiro atoms. The van der Waals surface area contributed by atoms with Gasteiger partial charge in [0.1, 0.15) is 22.8 Å². The number of primary amides is 1. The molecule has 39 heavy (non-hydrogen) atoms. The van der Waals surface area contributed by atoms with Crippen molar-refractivity contribution in [3.05, 3.63) is 69.0 Å². The Morgan fingerprint density at radius 2 is 1.79 bits per heavy atom. The zero-order chi connectivity index (χ0) is 28.4. The summed E-state index contributed by atoms with van der Waals surface area (Å²) in [6.07, 6.45) is -0.218. The summed E-state index contributed by atoms with van der Waals surface area (Å²) in [5, 5.41) is 47.9. The fourth-order valence-corrected chi connectivity index (χ4v) is 6.11. The second kappa shape index (κ2) is 9.25. The minimum Gasteiger partial charge on any atom is -0.508 e. The molecule has 10 nitrogen and oxygen atoms in total. The molecule has 3 aliphatic rings. The molecule has 0 aromatic heterocycles. The van der Waals surface area contributed by atoms with Gasteiger partial charge in [0.05, 0.1) is 5.56 Å². The largest absolute Gasteiger partial charge is 0.508 e. The number of halogens is 1. The van der Waals surface area contributed by atoms with Crippen molar-refractivity contribution in [1.29, 1.82) is 0 Å². The van der Waals surface area contributed by atoms with Crippen molar-refractivity contribution in [2.24, 2.45) is 17.6 Å². The predicted molar refractivity (Wildman–Crippen MR) is 139 cm³/mol. The van der Waals surface area contributed by atoms with Gasteiger partial charge in [-0.25, -0.2) is 0 Å². The van der Waals surface area contributed by atoms with E-state index in [9.17, 15) is 39.6 Å². The maximum atomic E-state index is 13.7. The molecule has 0 bridgehead atoms. The fraction of sp³-hybridized carbons (Fsp3) is 0.286. The van der Waals surface area contributed by atoms with Crippen molar-refractivity contribution in [3.63, 3.8) is 0 Å². The Kier molecular flexibility index (Phi) is 6.27. The Bertz CT molecular complexity index is 1540. The number of nitrogens with two attached hydrogens (primary N) is 1. The molecule has 0 radical (unpaired) electrons. The molecule has 5 rings (SSSR count). The number of benzene rings is 2. The first-order chi connectivity index (χ1) is 18.4. The van der Waals surface area contributed by atoms with E-state index in [0.29, 0.717) is 21.7 Å². The van der Waals surface area contributed by atoms with E-state index in [1.807, 2.05) is 0 Å². The van der Waals surface area contributed by atoms with Crippen molar-refractivity contribution in [3.8, 4) is 16.9 Å². The van der Waals surface area contributed by atoms with Crippen molar-refractivity contribution in [2.45, 2.75) is 38.3 Å². The highest BCUT2D eigenvalue weighted by atomic mass is 35.5. The maximum Gasteiger partial charge on any atom is 0.255 e. The number of carbonyl (C=O) groups excluding carboxylic acids is 4. The van der Waals surface area contributed by atoms with E-state index in [4.69, 9.17) is 17.3 Å². The zero-order valence-electron chi connectivity index (χ0n) is 20.7. The number of fused-ring (bicyclic) bond motifs is 3. The number of aromatic hydroxyl groups is 1. The molecule has 1 fully saturated rings. The van der Waals surface area contributed by atoms with Gasteiger partial charge in [-0.1, -0.05) is 23.7 Å². The summed E-state index contributed by atoms with van der Waals surface area (Å²) >= 11 is 6.07. The van der Waals surface area contributed by atoms with Gasteiger partial charge in [-0.15, -0.1) is 0 Å². The SMILES string of the molecule is CC(=O)NCc1cc(-c2ccc(Cl)cc2)c2c(c1O)C(O)=C1C(=O)[C@]3(O)C(O)=C(C(N)=O)C(=O)C[C@@H]3C[C@@H]1C2. The first kappa shape index (κ1) is 26.5. The lowest BCUT2D eigenvalue weighted by molar-refractivity contribution is -0.147. The average molecular weight is 553 g/mol. The normalized spacial score (nSPS) is 24.2. The van der Waals surface area contributed by atoms with Gasteiger partial charge in [0, 0.05) is 42.0 Å². The summed E-state index contributed by atoms with van der Waals surface area (Å²) in [5.41, 5.74) is 3.57. The Morgan fingerprint density at radius 3 is 2.41 bits per heavy atom. The van der Waals surface area contributed by atoms with Gasteiger partial charge in [-0.3, -0.25) is 19.2 Å². The number of aliphatic hydroxyl groups excluding tert-OH is 2. The van der Waals surface area contributed by atoms with Gasteiger partial charge in [-0.05, 0) is 53.6 Å². The van der Waals surface area contributed by atoms with Crippen molar-refractivity contribution >= 4 is 40.7 Å². The molecule has 0 unspecified atom stereocenters. The number of carbonyl (C=O) groups is 4. The van der Waals surface area contributed by atoms with Crippen LogP contribution in [0.2, 0.25) is 5.02 Å². The number of aliphatic hydroxyl groups is 3. The Labute approximate surface area is 227 Å². The number of Topliss-reactive ketones (excluding diaryl/α,β-unsaturated/α-hetero) is 2. The van der Waals surface area contributed by atoms with Gasteiger partial charge in [0.15, 0.2) is 11.4 Å². The number of nitrogens with one attached hydrogen (secondary N) is 1. The first-order valence-corrected chi connectivity index (χ1v) is 12.6. The van der Waals surface area contributed by atoms with Crippen LogP contribution in [0.25, 0.3) is 16.9 Å². The second-order valence-electron chi connectivity index (χ2n) is 10.1. The molecule has 11 heteroatoms. The van der Waals surface area contributed by atoms with E-state index in [1.165, 1.54) is 6.92 Å². The third kappa shape index (κ3) is 3.98. The van der Waals surface area contributed by atoms with E-state index < -0.39 is 58.4 Å². The van der Waals surface area contributed by atoms with Crippen LogP contribution in [0.1, 0.15) is 36.5 Å². The van der Waals surface area contributed by atoms with Crippen LogP contribution in [0.5, 0.6) is 5.75 Å². The lowest BCUT2D eigenvalue weighted by Crippen LogP contribution is -2.58. The molecule has 2 aromatic rings. The van der Waals surface area contributed by atoms with Crippen LogP contribution in [0.3, 0.4) is 0 Å². The molecule has 0 heterocycles. The smallest absolute Gasteiger partial charge is 0.255 e. The minimum absolute atomic E-state index is 0.0252. The van der Waals surface area contributed by atoms with Crippen molar-refractivity contribution < 1.29 is 39.6 Å². The van der Waals surface area contributed by atoms with Crippen molar-refractivity contribution in [2.75, 3.05) is 0 Å². The van der Waals surface area contributed by atoms with Crippen LogP contribution in [0.15, 0.2) is 47.2 Å². The summed E-state index contributed by atoms with van der Waals surface area (Å²) in [6, 6.07) is 8.55. The highest BCUT2D eigenvalue weighted by molar-refractivity contribution is 6.30. The Morgan fingerprint density at radius 1 is 1.13 bits per heavy atom. The van der Waals surface area contributed by atoms with Crippen LogP contribution in [-0.4, -0.2) is 49.4 Å². The number of phenols is 1. The molecular weight excluding hydrogens is 528 g/mol. The van der Waals surface area contributed by atoms with Crippen LogP contribution in [0.4, 0.5) is 0 Å². The molecule has 7 N–H and O–H groups in total. The average Bonchev–Trinajstić information content (AvgIpc) is 2.86. The number of amides is 2. The lowest BCUT2D eigenvalue weighted by atomic mass is 9.59. The van der Waals surface area contributed by atoms with Gasteiger partial charge in [0.2, 0.25) is 11.7 Å². The Balaban J connectivity index is 1.74. The van der Waals surface area contributed by atoms with Crippen LogP contribution >= 0.6 is 11.6 Å². The molecule has 2 aromatic carbocycles. The first-order valence-electron chi connectivity index (χ1n) is 12.2. The van der Waals surface area contributed by atoms with Crippen LogP contribution in [0, 0.1) is 11.8 Å². The monoisotopic (exact) mass is 552 g/mol. The van der Waals surface area contributed by atoms with E-state index in [2.05, 4.69) is 5.32 Å². The summed E-state index contributed by atoms with van der Waals surface area (Å²) in [5.74, 6) is -7.30. The van der Waals surface area contributed by atoms with Crippen LogP contribution < -0.4 is 11.1 Å². The molecule has 202 valence electrons. The predicted octanol–water partition coefficient (Wildman–Crippen LogP) is 2.38. The molecule has 0 saturated heterocycles. The number of hydrogen-bond acceptors (Lipinski definition) is 8. The number of hydrogen-bond donors (Lipinski definition) is 6. The third-order valence-electron chi connectivity index (χ3n) is 7.83. The molecule has 0 aliphatic heterocycles. The molecule has 3 aliphatic carbocycles. The second-order valence-corrected chi connectivity index (χ2v) is 10.5. The van der Waals surface area contributed by atoms with E-state index in [-0.39, 0.29) is 47.7 Å². The number of rotatable bonds is 4. The van der Waals surface area contributed by atoms with E-state index in [0.717, 1.165) is 0 Å². The summed E-state index contributed by atoms with van der Waals surface area (Å²) in [6.45, 7) is 1.24.